The summed E-state index contributed by atoms with van der Waals surface area (Å²) in [5, 5.41) is 31.4. The van der Waals surface area contributed by atoms with Gasteiger partial charge in [0, 0.05) is 12.8 Å². The zero-order valence-electron chi connectivity index (χ0n) is 46.6. The first-order chi connectivity index (χ1) is 37.6. The van der Waals surface area contributed by atoms with Crippen molar-refractivity contribution in [2.45, 2.75) is 199 Å². The molecule has 1 rings (SSSR count). The molecule has 1 heterocycles. The number of unbranched alkanes of at least 4 members (excludes halogenated alkanes) is 3. The molecule has 1 fully saturated rings. The van der Waals surface area contributed by atoms with Gasteiger partial charge in [0.1, 0.15) is 18.8 Å². The van der Waals surface area contributed by atoms with Gasteiger partial charge < -0.3 is 39.0 Å². The highest BCUT2D eigenvalue weighted by atomic mass is 16.7. The van der Waals surface area contributed by atoms with E-state index < -0.39 is 73.9 Å². The molecule has 1 aliphatic heterocycles. The quantitative estimate of drug-likeness (QED) is 0.0228. The van der Waals surface area contributed by atoms with Crippen LogP contribution in [-0.2, 0) is 42.9 Å². The summed E-state index contributed by atoms with van der Waals surface area (Å²) >= 11 is 0. The van der Waals surface area contributed by atoms with Gasteiger partial charge in [0.2, 0.25) is 0 Å². The molecule has 12 heteroatoms. The minimum atomic E-state index is -1.95. The van der Waals surface area contributed by atoms with E-state index in [1.54, 1.807) is 6.08 Å². The molecular formula is C65H94O12. The smallest absolute Gasteiger partial charge is 0.335 e. The Labute approximate surface area is 462 Å². The highest BCUT2D eigenvalue weighted by Gasteiger charge is 2.50. The van der Waals surface area contributed by atoms with Crippen LogP contribution in [-0.4, -0.2) is 89.2 Å². The minimum absolute atomic E-state index is 0.00653. The van der Waals surface area contributed by atoms with Crippen molar-refractivity contribution in [3.05, 3.63) is 170 Å². The molecule has 0 spiro atoms. The molecule has 0 aromatic rings. The first kappa shape index (κ1) is 69.1. The number of esters is 3. The van der Waals surface area contributed by atoms with Crippen molar-refractivity contribution in [1.82, 2.24) is 0 Å². The van der Waals surface area contributed by atoms with Crippen LogP contribution in [0, 0.1) is 0 Å². The van der Waals surface area contributed by atoms with Crippen molar-refractivity contribution in [2.75, 3.05) is 13.2 Å². The van der Waals surface area contributed by atoms with Crippen LogP contribution in [0.3, 0.4) is 0 Å². The van der Waals surface area contributed by atoms with Gasteiger partial charge in [-0.05, 0) is 116 Å². The molecule has 6 atom stereocenters. The Hall–Kier alpha value is -5.92. The third-order valence-electron chi connectivity index (χ3n) is 11.3. The second kappa shape index (κ2) is 50.9. The maximum atomic E-state index is 13.1. The normalized spacial score (nSPS) is 19.3. The number of hydrogen-bond donors (Lipinski definition) is 3. The molecule has 0 amide bonds. The molecule has 426 valence electrons. The highest BCUT2D eigenvalue weighted by Crippen LogP contribution is 2.26. The van der Waals surface area contributed by atoms with Gasteiger partial charge in [-0.3, -0.25) is 14.4 Å². The van der Waals surface area contributed by atoms with E-state index in [0.717, 1.165) is 96.3 Å². The summed E-state index contributed by atoms with van der Waals surface area (Å²) < 4.78 is 28.1. The van der Waals surface area contributed by atoms with Gasteiger partial charge in [-0.15, -0.1) is 0 Å². The molecule has 77 heavy (non-hydrogen) atoms. The molecule has 0 saturated carbocycles. The van der Waals surface area contributed by atoms with Gasteiger partial charge in [0.15, 0.2) is 24.6 Å². The van der Waals surface area contributed by atoms with E-state index in [1.807, 2.05) is 36.5 Å². The summed E-state index contributed by atoms with van der Waals surface area (Å²) in [6, 6.07) is 0. The molecule has 0 aromatic heterocycles. The van der Waals surface area contributed by atoms with Crippen molar-refractivity contribution in [2.24, 2.45) is 0 Å². The number of aliphatic carboxylic acids is 1. The SMILES string of the molecule is CC/C=C\C/C=C\C/C=C\C/C=C\C/C=C\CCCCCC(=O)OC1C(OCC(COC(=O)C/C=C\C/C=C\C/C=C\C/C=C\C/C=C\CC)OC(=O)CC/C=C\C/C=C\C/C=C\C/C=C\CC)OC(C(=O)O)C(O)C1O. The Balaban J connectivity index is 2.82. The molecule has 0 aliphatic carbocycles. The number of allylic oxidation sites excluding steroid dienone is 27. The number of ether oxygens (including phenoxy) is 5. The fourth-order valence-corrected chi connectivity index (χ4v) is 7.13. The van der Waals surface area contributed by atoms with Crippen LogP contribution < -0.4 is 0 Å². The van der Waals surface area contributed by atoms with Crippen molar-refractivity contribution in [3.8, 4) is 0 Å². The van der Waals surface area contributed by atoms with Gasteiger partial charge in [0.05, 0.1) is 13.0 Å². The Bertz CT molecular complexity index is 1990. The zero-order valence-corrected chi connectivity index (χ0v) is 46.6. The van der Waals surface area contributed by atoms with Gasteiger partial charge in [-0.2, -0.15) is 0 Å². The predicted octanol–water partition coefficient (Wildman–Crippen LogP) is 14.3. The van der Waals surface area contributed by atoms with Gasteiger partial charge >= 0.3 is 23.9 Å². The first-order valence-corrected chi connectivity index (χ1v) is 28.1. The molecular weight excluding hydrogens is 973 g/mol. The predicted molar refractivity (Wildman–Crippen MR) is 312 cm³/mol. The number of rotatable bonds is 44. The summed E-state index contributed by atoms with van der Waals surface area (Å²) in [6.45, 7) is 5.44. The maximum Gasteiger partial charge on any atom is 0.335 e. The van der Waals surface area contributed by atoms with E-state index in [-0.39, 0.29) is 19.3 Å². The van der Waals surface area contributed by atoms with Crippen LogP contribution in [0.5, 0.6) is 0 Å². The van der Waals surface area contributed by atoms with E-state index in [0.29, 0.717) is 25.7 Å². The molecule has 0 radical (unpaired) electrons. The molecule has 12 nitrogen and oxygen atoms in total. The van der Waals surface area contributed by atoms with E-state index in [2.05, 4.69) is 148 Å². The third-order valence-corrected chi connectivity index (χ3v) is 11.3. The summed E-state index contributed by atoms with van der Waals surface area (Å²) in [6.07, 6.45) is 63.7. The molecule has 6 unspecified atom stereocenters. The molecule has 1 aliphatic rings. The Morgan fingerprint density at radius 1 is 0.442 bits per heavy atom. The molecule has 1 saturated heterocycles. The van der Waals surface area contributed by atoms with E-state index in [4.69, 9.17) is 23.7 Å². The summed E-state index contributed by atoms with van der Waals surface area (Å²) in [5.41, 5.74) is 0. The van der Waals surface area contributed by atoms with Crippen molar-refractivity contribution >= 4 is 23.9 Å². The topological polar surface area (TPSA) is 175 Å². The lowest BCUT2D eigenvalue weighted by Crippen LogP contribution is -2.61. The number of carboxylic acid groups (broad SMARTS) is 1. The highest BCUT2D eigenvalue weighted by molar-refractivity contribution is 5.74. The van der Waals surface area contributed by atoms with Crippen LogP contribution >= 0.6 is 0 Å². The monoisotopic (exact) mass is 1070 g/mol. The maximum absolute atomic E-state index is 13.1. The van der Waals surface area contributed by atoms with E-state index >= 15 is 0 Å². The molecule has 0 bridgehead atoms. The molecule has 0 aromatic carbocycles. The van der Waals surface area contributed by atoms with Crippen molar-refractivity contribution in [3.63, 3.8) is 0 Å². The van der Waals surface area contributed by atoms with Gasteiger partial charge in [-0.1, -0.05) is 197 Å². The fraction of sp³-hybridized carbons (Fsp3) is 0.508. The number of hydrogen-bond acceptors (Lipinski definition) is 11. The second-order valence-corrected chi connectivity index (χ2v) is 18.1. The average molecular weight is 1070 g/mol. The number of carbonyl (C=O) groups excluding carboxylic acids is 3. The lowest BCUT2D eigenvalue weighted by Gasteiger charge is -2.40. The number of aliphatic hydroxyl groups excluding tert-OH is 2. The van der Waals surface area contributed by atoms with Crippen LogP contribution in [0.15, 0.2) is 170 Å². The van der Waals surface area contributed by atoms with E-state index in [1.165, 1.54) is 0 Å². The van der Waals surface area contributed by atoms with Crippen LogP contribution in [0.25, 0.3) is 0 Å². The van der Waals surface area contributed by atoms with Crippen LogP contribution in [0.4, 0.5) is 0 Å². The molecule has 3 N–H and O–H groups in total. The Kier molecular flexibility index (Phi) is 45.6. The standard InChI is InChI=1S/C65H94O12/c1-4-7-10-13-16-19-22-25-27-28-29-30-32-35-38-41-44-47-50-53-59(68)76-63-61(70)60(69)62(64(71)72)77-65(63)74-55-56(75-58(67)52-49-46-43-40-37-33-24-21-18-15-12-9-6-3)54-73-57(66)51-48-45-42-39-36-34-31-26-23-20-17-14-11-8-5-2/h7-12,16-21,25-27,29-31,33,35-39,43,45-46,48,56,60-63,65,69-70H,4-6,13-15,22-24,28,32,34,40-42,44,47,49-55H2,1-3H3,(H,71,72)/b10-7-,11-8-,12-9-,19-16-,20-17-,21-18-,27-25-,30-29-,31-26-,37-33-,38-35-,39-36-,46-43-,48-45-. The number of aliphatic hydroxyl groups is 2. The Morgan fingerprint density at radius 3 is 1.27 bits per heavy atom. The fourth-order valence-electron chi connectivity index (χ4n) is 7.13. The van der Waals surface area contributed by atoms with Crippen molar-refractivity contribution in [1.29, 1.82) is 0 Å². The second-order valence-electron chi connectivity index (χ2n) is 18.1. The minimum Gasteiger partial charge on any atom is -0.479 e. The summed E-state index contributed by atoms with van der Waals surface area (Å²) in [7, 11) is 0. The summed E-state index contributed by atoms with van der Waals surface area (Å²) in [5.74, 6) is -3.48. The largest absolute Gasteiger partial charge is 0.479 e. The average Bonchev–Trinajstić information content (AvgIpc) is 3.42. The number of carboxylic acids is 1. The lowest BCUT2D eigenvalue weighted by molar-refractivity contribution is -0.301. The van der Waals surface area contributed by atoms with E-state index in [9.17, 15) is 34.5 Å². The first-order valence-electron chi connectivity index (χ1n) is 28.1. The summed E-state index contributed by atoms with van der Waals surface area (Å²) in [4.78, 5) is 50.9. The van der Waals surface area contributed by atoms with Crippen molar-refractivity contribution < 1.29 is 58.2 Å². The Morgan fingerprint density at radius 2 is 0.844 bits per heavy atom. The van der Waals surface area contributed by atoms with Gasteiger partial charge in [-0.25, -0.2) is 4.79 Å². The number of carbonyl (C=O) groups is 4. The van der Waals surface area contributed by atoms with Crippen LogP contribution in [0.2, 0.25) is 0 Å². The van der Waals surface area contributed by atoms with Crippen LogP contribution in [0.1, 0.15) is 162 Å². The zero-order chi connectivity index (χ0) is 56.1. The third kappa shape index (κ3) is 40.9. The van der Waals surface area contributed by atoms with Gasteiger partial charge in [0.25, 0.3) is 0 Å². The lowest BCUT2D eigenvalue weighted by atomic mass is 9.98.